The molecule has 0 rings (SSSR count). The zero-order valence-electron chi connectivity index (χ0n) is 48.1. The molecule has 0 aromatic carbocycles. The summed E-state index contributed by atoms with van der Waals surface area (Å²) in [6.45, 7) is 3.77. The molecule has 0 aromatic rings. The number of rotatable bonds is 60. The number of hydrogen-bond donors (Lipinski definition) is 2. The Morgan fingerprint density at radius 2 is 0.712 bits per heavy atom. The predicted octanol–water partition coefficient (Wildman–Crippen LogP) is 20.0. The molecule has 0 saturated heterocycles. The Kier molecular flexibility index (Phi) is 58.0. The van der Waals surface area contributed by atoms with Crippen molar-refractivity contribution in [1.82, 2.24) is 0 Å². The molecule has 430 valence electrons. The average molecular weight is 1050 g/mol. The number of phosphoric ester groups is 1. The van der Waals surface area contributed by atoms with Gasteiger partial charge in [-0.3, -0.25) is 18.6 Å². The van der Waals surface area contributed by atoms with E-state index in [-0.39, 0.29) is 38.6 Å². The van der Waals surface area contributed by atoms with Crippen LogP contribution < -0.4 is 5.73 Å². The highest BCUT2D eigenvalue weighted by Crippen LogP contribution is 2.43. The van der Waals surface area contributed by atoms with Crippen molar-refractivity contribution in [2.45, 2.75) is 328 Å². The maximum Gasteiger partial charge on any atom is 0.472 e. The van der Waals surface area contributed by atoms with Crippen molar-refractivity contribution >= 4 is 19.8 Å². The smallest absolute Gasteiger partial charge is 0.462 e. The fraction of sp³-hybridized carbons (Fsp3) is 0.873. The molecule has 0 radical (unpaired) electrons. The first-order valence-electron chi connectivity index (χ1n) is 31.5. The lowest BCUT2D eigenvalue weighted by atomic mass is 10.0. The molecule has 73 heavy (non-hydrogen) atoms. The number of unbranched alkanes of at least 4 members (excludes halogenated alkanes) is 41. The molecule has 0 aromatic heterocycles. The van der Waals surface area contributed by atoms with Crippen LogP contribution >= 0.6 is 7.82 Å². The summed E-state index contributed by atoms with van der Waals surface area (Å²) in [5.41, 5.74) is 5.39. The van der Waals surface area contributed by atoms with Gasteiger partial charge in [-0.2, -0.15) is 0 Å². The number of allylic oxidation sites excluding steroid dienone is 6. The number of ether oxygens (including phenoxy) is 2. The molecule has 0 aliphatic heterocycles. The summed E-state index contributed by atoms with van der Waals surface area (Å²) in [5, 5.41) is 0. The van der Waals surface area contributed by atoms with Crippen LogP contribution in [0.1, 0.15) is 322 Å². The normalized spacial score (nSPS) is 13.2. The average Bonchev–Trinajstić information content (AvgIpc) is 3.38. The number of esters is 2. The third-order valence-corrected chi connectivity index (χ3v) is 15.0. The van der Waals surface area contributed by atoms with Crippen molar-refractivity contribution in [2.75, 3.05) is 26.4 Å². The second-order valence-corrected chi connectivity index (χ2v) is 22.7. The first kappa shape index (κ1) is 71.2. The predicted molar refractivity (Wildman–Crippen MR) is 312 cm³/mol. The van der Waals surface area contributed by atoms with Gasteiger partial charge in [-0.1, -0.05) is 294 Å². The monoisotopic (exact) mass is 1050 g/mol. The molecule has 0 aliphatic carbocycles. The first-order chi connectivity index (χ1) is 35.8. The second-order valence-electron chi connectivity index (χ2n) is 21.3. The molecule has 10 heteroatoms. The van der Waals surface area contributed by atoms with E-state index in [2.05, 4.69) is 50.3 Å². The van der Waals surface area contributed by atoms with Crippen molar-refractivity contribution in [1.29, 1.82) is 0 Å². The Labute approximate surface area is 452 Å². The molecule has 0 heterocycles. The Morgan fingerprint density at radius 3 is 1.05 bits per heavy atom. The van der Waals surface area contributed by atoms with Crippen LogP contribution in [-0.4, -0.2) is 49.3 Å². The quantitative estimate of drug-likeness (QED) is 0.0264. The standard InChI is InChI=1S/C63H120NO8P/c1-3-5-7-9-11-13-15-17-19-21-23-25-26-27-28-29-30-31-32-33-34-36-37-39-41-43-45-47-49-51-53-55-62(65)69-59-61(60-71-73(67,68)70-58-57-64)72-63(66)56-54-52-50-48-46-44-42-40-38-35-24-22-20-18-16-14-12-10-8-6-4-2/h16,18,22,24,38,40,61H,3-15,17,19-21,23,25-37,39,41-60,64H2,1-2H3,(H,67,68)/b18-16-,24-22-,40-38-. The molecule has 3 N–H and O–H groups in total. The van der Waals surface area contributed by atoms with Crippen LogP contribution in [0.5, 0.6) is 0 Å². The van der Waals surface area contributed by atoms with Crippen molar-refractivity contribution < 1.29 is 37.6 Å². The largest absolute Gasteiger partial charge is 0.472 e. The van der Waals surface area contributed by atoms with Crippen molar-refractivity contribution in [2.24, 2.45) is 5.73 Å². The summed E-state index contributed by atoms with van der Waals surface area (Å²) in [5.74, 6) is -0.827. The second kappa shape index (κ2) is 59.5. The van der Waals surface area contributed by atoms with Crippen LogP contribution in [0.15, 0.2) is 36.5 Å². The highest BCUT2D eigenvalue weighted by molar-refractivity contribution is 7.47. The van der Waals surface area contributed by atoms with Crippen LogP contribution in [0.4, 0.5) is 0 Å². The summed E-state index contributed by atoms with van der Waals surface area (Å²) in [6.07, 6.45) is 72.2. The minimum absolute atomic E-state index is 0.0519. The van der Waals surface area contributed by atoms with Crippen LogP contribution in [0.3, 0.4) is 0 Å². The van der Waals surface area contributed by atoms with E-state index in [0.717, 1.165) is 70.6 Å². The van der Waals surface area contributed by atoms with Gasteiger partial charge < -0.3 is 20.1 Å². The summed E-state index contributed by atoms with van der Waals surface area (Å²) < 4.78 is 33.1. The number of hydrogen-bond acceptors (Lipinski definition) is 8. The minimum atomic E-state index is -4.39. The van der Waals surface area contributed by atoms with Crippen molar-refractivity contribution in [3.8, 4) is 0 Å². The molecule has 0 spiro atoms. The topological polar surface area (TPSA) is 134 Å². The molecule has 0 bridgehead atoms. The first-order valence-corrected chi connectivity index (χ1v) is 33.0. The highest BCUT2D eigenvalue weighted by Gasteiger charge is 2.26. The summed E-state index contributed by atoms with van der Waals surface area (Å²) >= 11 is 0. The fourth-order valence-corrected chi connectivity index (χ4v) is 10.1. The summed E-state index contributed by atoms with van der Waals surface area (Å²) in [7, 11) is -4.39. The zero-order valence-corrected chi connectivity index (χ0v) is 49.0. The highest BCUT2D eigenvalue weighted by atomic mass is 31.2. The Morgan fingerprint density at radius 1 is 0.411 bits per heavy atom. The van der Waals surface area contributed by atoms with E-state index in [4.69, 9.17) is 24.3 Å². The minimum Gasteiger partial charge on any atom is -0.462 e. The Balaban J connectivity index is 3.88. The van der Waals surface area contributed by atoms with E-state index in [1.807, 2.05) is 0 Å². The van der Waals surface area contributed by atoms with Gasteiger partial charge in [-0.25, -0.2) is 4.57 Å². The van der Waals surface area contributed by atoms with Crippen LogP contribution in [0, 0.1) is 0 Å². The van der Waals surface area contributed by atoms with E-state index < -0.39 is 26.5 Å². The summed E-state index contributed by atoms with van der Waals surface area (Å²) in [4.78, 5) is 35.2. The number of nitrogens with two attached hydrogens (primary N) is 1. The Hall–Kier alpha value is -1.77. The number of phosphoric acid groups is 1. The lowest BCUT2D eigenvalue weighted by Crippen LogP contribution is -2.29. The van der Waals surface area contributed by atoms with Gasteiger partial charge in [-0.15, -0.1) is 0 Å². The van der Waals surface area contributed by atoms with Gasteiger partial charge in [0.25, 0.3) is 0 Å². The molecule has 0 aliphatic rings. The van der Waals surface area contributed by atoms with Gasteiger partial charge in [0.05, 0.1) is 13.2 Å². The molecule has 2 unspecified atom stereocenters. The van der Waals surface area contributed by atoms with Gasteiger partial charge >= 0.3 is 19.8 Å². The molecule has 2 atom stereocenters. The number of carbonyl (C=O) groups excluding carboxylic acids is 2. The van der Waals surface area contributed by atoms with E-state index in [1.165, 1.54) is 218 Å². The molecule has 0 saturated carbocycles. The maximum atomic E-state index is 12.7. The van der Waals surface area contributed by atoms with E-state index in [0.29, 0.717) is 6.42 Å². The third kappa shape index (κ3) is 59.3. The summed E-state index contributed by atoms with van der Waals surface area (Å²) in [6, 6.07) is 0. The van der Waals surface area contributed by atoms with Crippen molar-refractivity contribution in [3.05, 3.63) is 36.5 Å². The van der Waals surface area contributed by atoms with Crippen LogP contribution in [0.25, 0.3) is 0 Å². The van der Waals surface area contributed by atoms with Gasteiger partial charge in [0.1, 0.15) is 6.61 Å². The molecular weight excluding hydrogens is 930 g/mol. The molecule has 0 fully saturated rings. The molecule has 9 nitrogen and oxygen atoms in total. The van der Waals surface area contributed by atoms with E-state index >= 15 is 0 Å². The van der Waals surface area contributed by atoms with E-state index in [1.54, 1.807) is 0 Å². The molecular formula is C63H120NO8P. The van der Waals surface area contributed by atoms with Crippen LogP contribution in [0.2, 0.25) is 0 Å². The van der Waals surface area contributed by atoms with Gasteiger partial charge in [-0.05, 0) is 51.4 Å². The van der Waals surface area contributed by atoms with E-state index in [9.17, 15) is 19.0 Å². The van der Waals surface area contributed by atoms with Gasteiger partial charge in [0.15, 0.2) is 6.10 Å². The lowest BCUT2D eigenvalue weighted by Gasteiger charge is -2.19. The maximum absolute atomic E-state index is 12.7. The van der Waals surface area contributed by atoms with Crippen molar-refractivity contribution in [3.63, 3.8) is 0 Å². The number of carbonyl (C=O) groups is 2. The van der Waals surface area contributed by atoms with Gasteiger partial charge in [0.2, 0.25) is 0 Å². The SMILES string of the molecule is CCCCCCC/C=C\C/C=C\C/C=C\CCCCCCCCC(=O)OC(COC(=O)CCCCCCCCCCCCCCCCCCCCCCCCCCCCCCCCC)COP(=O)(O)OCCN. The zero-order chi connectivity index (χ0) is 53.1. The van der Waals surface area contributed by atoms with Crippen LogP contribution in [-0.2, 0) is 32.7 Å². The third-order valence-electron chi connectivity index (χ3n) is 14.0. The lowest BCUT2D eigenvalue weighted by molar-refractivity contribution is -0.161. The Bertz CT molecular complexity index is 1290. The molecule has 0 amide bonds. The fourth-order valence-electron chi connectivity index (χ4n) is 9.35. The van der Waals surface area contributed by atoms with Gasteiger partial charge in [0, 0.05) is 19.4 Å².